The van der Waals surface area contributed by atoms with Crippen LogP contribution in [0.25, 0.3) is 0 Å². The Labute approximate surface area is 99.0 Å². The normalized spacial score (nSPS) is 10.1. The van der Waals surface area contributed by atoms with E-state index in [1.165, 1.54) is 12.1 Å². The summed E-state index contributed by atoms with van der Waals surface area (Å²) >= 11 is 5.81. The zero-order valence-electron chi connectivity index (χ0n) is 9.00. The molecule has 1 rings (SSSR count). The number of hydrogen-bond donors (Lipinski definition) is 2. The predicted octanol–water partition coefficient (Wildman–Crippen LogP) is 2.80. The summed E-state index contributed by atoms with van der Waals surface area (Å²) < 4.78 is 5.35. The fourth-order valence-corrected chi connectivity index (χ4v) is 1.34. The molecule has 0 aromatic heterocycles. The Kier molecular flexibility index (Phi) is 4.43. The van der Waals surface area contributed by atoms with Gasteiger partial charge in [-0.1, -0.05) is 24.9 Å². The van der Waals surface area contributed by atoms with Crippen LogP contribution in [-0.4, -0.2) is 17.7 Å². The van der Waals surface area contributed by atoms with Gasteiger partial charge in [0.1, 0.15) is 11.3 Å². The van der Waals surface area contributed by atoms with Gasteiger partial charge in [0.2, 0.25) is 0 Å². The van der Waals surface area contributed by atoms with Crippen LogP contribution in [0.1, 0.15) is 30.1 Å². The van der Waals surface area contributed by atoms with Crippen molar-refractivity contribution < 1.29 is 14.6 Å². The molecule has 0 radical (unpaired) electrons. The SMILES string of the molecule is CCCCOc1cc(Cl)c(N)cc1C(=O)O. The van der Waals surface area contributed by atoms with Crippen molar-refractivity contribution in [2.45, 2.75) is 19.8 Å². The van der Waals surface area contributed by atoms with Gasteiger partial charge < -0.3 is 15.6 Å². The first-order chi connectivity index (χ1) is 7.56. The van der Waals surface area contributed by atoms with Crippen LogP contribution in [-0.2, 0) is 0 Å². The van der Waals surface area contributed by atoms with Crippen LogP contribution < -0.4 is 10.5 Å². The number of ether oxygens (including phenoxy) is 1. The van der Waals surface area contributed by atoms with Gasteiger partial charge in [-0.2, -0.15) is 0 Å². The number of halogens is 1. The molecule has 0 spiro atoms. The maximum absolute atomic E-state index is 10.9. The van der Waals surface area contributed by atoms with E-state index in [-0.39, 0.29) is 17.0 Å². The van der Waals surface area contributed by atoms with Gasteiger partial charge in [0.25, 0.3) is 0 Å². The van der Waals surface area contributed by atoms with Crippen molar-refractivity contribution in [2.75, 3.05) is 12.3 Å². The molecule has 0 atom stereocenters. The van der Waals surface area contributed by atoms with Crippen molar-refractivity contribution in [3.8, 4) is 5.75 Å². The topological polar surface area (TPSA) is 72.5 Å². The second-order valence-corrected chi connectivity index (χ2v) is 3.78. The Bertz CT molecular complexity index is 393. The number of unbranched alkanes of at least 4 members (excludes halogenated alkanes) is 1. The number of benzene rings is 1. The van der Waals surface area contributed by atoms with Crippen LogP contribution in [0.5, 0.6) is 5.75 Å². The van der Waals surface area contributed by atoms with Gasteiger partial charge in [-0.15, -0.1) is 0 Å². The maximum Gasteiger partial charge on any atom is 0.339 e. The molecule has 88 valence electrons. The lowest BCUT2D eigenvalue weighted by Crippen LogP contribution is -2.05. The first-order valence-corrected chi connectivity index (χ1v) is 5.39. The summed E-state index contributed by atoms with van der Waals surface area (Å²) in [5.41, 5.74) is 5.81. The molecule has 1 aromatic carbocycles. The number of rotatable bonds is 5. The van der Waals surface area contributed by atoms with Gasteiger partial charge in [0.15, 0.2) is 0 Å². The molecular weight excluding hydrogens is 230 g/mol. The summed E-state index contributed by atoms with van der Waals surface area (Å²) in [6.07, 6.45) is 1.84. The minimum atomic E-state index is -1.07. The Hall–Kier alpha value is -1.42. The smallest absolute Gasteiger partial charge is 0.339 e. The van der Waals surface area contributed by atoms with E-state index in [0.29, 0.717) is 11.6 Å². The summed E-state index contributed by atoms with van der Waals surface area (Å²) in [4.78, 5) is 10.9. The van der Waals surface area contributed by atoms with Crippen LogP contribution in [0.2, 0.25) is 5.02 Å². The molecule has 0 fully saturated rings. The molecule has 0 amide bonds. The molecule has 0 aliphatic carbocycles. The molecule has 0 bridgehead atoms. The fraction of sp³-hybridized carbons (Fsp3) is 0.364. The van der Waals surface area contributed by atoms with E-state index in [0.717, 1.165) is 12.8 Å². The summed E-state index contributed by atoms with van der Waals surface area (Å²) in [5.74, 6) is -0.810. The zero-order valence-corrected chi connectivity index (χ0v) is 9.75. The quantitative estimate of drug-likeness (QED) is 0.616. The average Bonchev–Trinajstić information content (AvgIpc) is 2.23. The molecule has 1 aromatic rings. The van der Waals surface area contributed by atoms with E-state index in [2.05, 4.69) is 0 Å². The second kappa shape index (κ2) is 5.61. The lowest BCUT2D eigenvalue weighted by Gasteiger charge is -2.10. The van der Waals surface area contributed by atoms with Crippen molar-refractivity contribution in [1.29, 1.82) is 0 Å². The highest BCUT2D eigenvalue weighted by Crippen LogP contribution is 2.29. The van der Waals surface area contributed by atoms with Crippen LogP contribution in [0.15, 0.2) is 12.1 Å². The standard InChI is InChI=1S/C11H14ClNO3/c1-2-3-4-16-10-6-8(12)9(13)5-7(10)11(14)15/h5-6H,2-4,13H2,1H3,(H,14,15). The first-order valence-electron chi connectivity index (χ1n) is 5.01. The number of carboxylic acid groups (broad SMARTS) is 1. The number of carbonyl (C=O) groups is 1. The van der Waals surface area contributed by atoms with Gasteiger partial charge in [-0.05, 0) is 12.5 Å². The molecule has 0 heterocycles. The first kappa shape index (κ1) is 12.6. The second-order valence-electron chi connectivity index (χ2n) is 3.38. The van der Waals surface area contributed by atoms with E-state index in [1.807, 2.05) is 6.92 Å². The molecule has 0 saturated heterocycles. The Morgan fingerprint density at radius 3 is 2.81 bits per heavy atom. The number of nitrogen functional groups attached to an aromatic ring is 1. The minimum absolute atomic E-state index is 0.0398. The Morgan fingerprint density at radius 2 is 2.25 bits per heavy atom. The summed E-state index contributed by atoms with van der Waals surface area (Å²) in [7, 11) is 0. The highest BCUT2D eigenvalue weighted by Gasteiger charge is 2.14. The van der Waals surface area contributed by atoms with Gasteiger partial charge in [0, 0.05) is 6.07 Å². The molecule has 4 nitrogen and oxygen atoms in total. The summed E-state index contributed by atoms with van der Waals surface area (Å²) in [6.45, 7) is 2.49. The molecule has 3 N–H and O–H groups in total. The molecule has 5 heteroatoms. The molecular formula is C11H14ClNO3. The van der Waals surface area contributed by atoms with Crippen molar-refractivity contribution in [2.24, 2.45) is 0 Å². The highest BCUT2D eigenvalue weighted by molar-refractivity contribution is 6.33. The third-order valence-corrected chi connectivity index (χ3v) is 2.41. The van der Waals surface area contributed by atoms with Gasteiger partial charge in [-0.3, -0.25) is 0 Å². The monoisotopic (exact) mass is 243 g/mol. The van der Waals surface area contributed by atoms with E-state index < -0.39 is 5.97 Å². The third kappa shape index (κ3) is 3.03. The van der Waals surface area contributed by atoms with Crippen LogP contribution in [0, 0.1) is 0 Å². The molecule has 0 saturated carbocycles. The van der Waals surface area contributed by atoms with Crippen molar-refractivity contribution in [1.82, 2.24) is 0 Å². The zero-order chi connectivity index (χ0) is 12.1. The fourth-order valence-electron chi connectivity index (χ4n) is 1.18. The van der Waals surface area contributed by atoms with E-state index in [9.17, 15) is 4.79 Å². The van der Waals surface area contributed by atoms with E-state index in [4.69, 9.17) is 27.2 Å². The number of carboxylic acids is 1. The van der Waals surface area contributed by atoms with E-state index in [1.54, 1.807) is 0 Å². The maximum atomic E-state index is 10.9. The molecule has 0 aliphatic heterocycles. The number of aromatic carboxylic acids is 1. The minimum Gasteiger partial charge on any atom is -0.493 e. The van der Waals surface area contributed by atoms with Gasteiger partial charge in [0.05, 0.1) is 17.3 Å². The Morgan fingerprint density at radius 1 is 1.56 bits per heavy atom. The summed E-state index contributed by atoms with van der Waals surface area (Å²) in [5, 5.41) is 9.26. The van der Waals surface area contributed by atoms with Crippen LogP contribution in [0.3, 0.4) is 0 Å². The van der Waals surface area contributed by atoms with Crippen molar-refractivity contribution >= 4 is 23.3 Å². The third-order valence-electron chi connectivity index (χ3n) is 2.08. The lowest BCUT2D eigenvalue weighted by molar-refractivity contribution is 0.0692. The Balaban J connectivity index is 2.95. The van der Waals surface area contributed by atoms with Crippen molar-refractivity contribution in [3.05, 3.63) is 22.7 Å². The van der Waals surface area contributed by atoms with Crippen LogP contribution in [0.4, 0.5) is 5.69 Å². The number of anilines is 1. The number of hydrogen-bond acceptors (Lipinski definition) is 3. The van der Waals surface area contributed by atoms with Crippen LogP contribution >= 0.6 is 11.6 Å². The summed E-state index contributed by atoms with van der Waals surface area (Å²) in [6, 6.07) is 2.75. The van der Waals surface area contributed by atoms with Gasteiger partial charge in [-0.25, -0.2) is 4.79 Å². The lowest BCUT2D eigenvalue weighted by atomic mass is 10.2. The number of nitrogens with two attached hydrogens (primary N) is 1. The molecule has 0 unspecified atom stereocenters. The highest BCUT2D eigenvalue weighted by atomic mass is 35.5. The largest absolute Gasteiger partial charge is 0.493 e. The predicted molar refractivity (Wildman–Crippen MR) is 63.2 cm³/mol. The van der Waals surface area contributed by atoms with Crippen molar-refractivity contribution in [3.63, 3.8) is 0 Å². The molecule has 0 aliphatic rings. The molecule has 16 heavy (non-hydrogen) atoms. The average molecular weight is 244 g/mol. The van der Waals surface area contributed by atoms with Gasteiger partial charge >= 0.3 is 5.97 Å². The van der Waals surface area contributed by atoms with E-state index >= 15 is 0 Å².